The van der Waals surface area contributed by atoms with Crippen LogP contribution < -0.4 is 0 Å². The number of ether oxygens (including phenoxy) is 10. The van der Waals surface area contributed by atoms with E-state index >= 15 is 0 Å². The van der Waals surface area contributed by atoms with Crippen LogP contribution in [0.3, 0.4) is 0 Å². The Morgan fingerprint density at radius 3 is 1.24 bits per heavy atom. The van der Waals surface area contributed by atoms with Gasteiger partial charge >= 0.3 is 11.9 Å². The molecule has 0 bridgehead atoms. The minimum atomic E-state index is -1.33. The first-order valence-electron chi connectivity index (χ1n) is 32.3. The van der Waals surface area contributed by atoms with Crippen molar-refractivity contribution in [2.24, 2.45) is 47.3 Å². The zero-order valence-electron chi connectivity index (χ0n) is 53.4. The van der Waals surface area contributed by atoms with Crippen molar-refractivity contribution in [1.29, 1.82) is 0 Å². The maximum absolute atomic E-state index is 13.9. The van der Waals surface area contributed by atoms with Gasteiger partial charge in [0, 0.05) is 85.2 Å². The molecule has 5 rings (SSSR count). The van der Waals surface area contributed by atoms with Gasteiger partial charge in [-0.2, -0.15) is 0 Å². The maximum Gasteiger partial charge on any atom is 0.331 e. The van der Waals surface area contributed by atoms with Crippen LogP contribution in [0.5, 0.6) is 0 Å². The molecule has 484 valence electrons. The van der Waals surface area contributed by atoms with E-state index in [1.165, 1.54) is 12.2 Å². The summed E-state index contributed by atoms with van der Waals surface area (Å²) >= 11 is 0. The van der Waals surface area contributed by atoms with Crippen molar-refractivity contribution in [3.63, 3.8) is 0 Å². The largest absolute Gasteiger partial charge is 0.458 e. The molecule has 0 aliphatic carbocycles. The lowest BCUT2D eigenvalue weighted by molar-refractivity contribution is -0.359. The highest BCUT2D eigenvalue weighted by atomic mass is 16.7. The normalized spacial score (nSPS) is 41.2. The van der Waals surface area contributed by atoms with E-state index < -0.39 is 145 Å². The van der Waals surface area contributed by atoms with E-state index in [0.717, 1.165) is 64.2 Å². The Balaban J connectivity index is 1.37. The lowest BCUT2D eigenvalue weighted by Gasteiger charge is -2.52. The van der Waals surface area contributed by atoms with Gasteiger partial charge in [0.25, 0.3) is 0 Å². The molecule has 0 unspecified atom stereocenters. The lowest BCUT2D eigenvalue weighted by atomic mass is 9.76. The summed E-state index contributed by atoms with van der Waals surface area (Å²) in [5.41, 5.74) is 0. The third kappa shape index (κ3) is 19.2. The first kappa shape index (κ1) is 72.1. The number of rotatable bonds is 26. The molecule has 0 saturated carbocycles. The van der Waals surface area contributed by atoms with Gasteiger partial charge in [0.1, 0.15) is 24.4 Å². The monoisotopic (exact) mass is 1190 g/mol. The van der Waals surface area contributed by atoms with Crippen LogP contribution in [-0.2, 0) is 57.0 Å². The average molecular weight is 1190 g/mol. The summed E-state index contributed by atoms with van der Waals surface area (Å²) in [5, 5.41) is 67.4. The van der Waals surface area contributed by atoms with E-state index in [1.807, 2.05) is 67.5 Å². The average Bonchev–Trinajstić information content (AvgIpc) is 3.50. The summed E-state index contributed by atoms with van der Waals surface area (Å²) in [6.07, 6.45) is 10.0. The molecule has 0 amide bonds. The fourth-order valence-electron chi connectivity index (χ4n) is 13.6. The fraction of sp³-hybridized carbons (Fsp3) is 0.848. The Bertz CT molecular complexity index is 1900. The summed E-state index contributed by atoms with van der Waals surface area (Å²) in [4.78, 5) is 27.8. The van der Waals surface area contributed by atoms with E-state index in [4.69, 9.17) is 47.4 Å². The van der Waals surface area contributed by atoms with Crippen molar-refractivity contribution < 1.29 is 87.6 Å². The maximum atomic E-state index is 13.9. The standard InChI is InChI=1S/C66H112O18/c1-15-19-21-27-33-75-65(37-53(49(17-3)45(11)83-65)79-57-35-51(67)61(73)47(13)77-57)43(9)59(71)41(7)63-39(5)29-23-25-32-56(70)82-64(40(6)30-24-26-31-55(69)81-63)42(8)60(72)44(10)66(76-34-28-22-20-16-2)38-54(50(18-4)46(12)84-66)80-58-36-52(68)62(74)48(14)78-58/h23-26,29-32,39-54,57-64,67-68,71-74H,15-22,27-28,33-38H2,1-14H3/b29-23+,30-24+,31-26+,32-25+/t39-,40-,41-,42-,43-,44-,45+,46+,47-,48-,49+,50+,51-,52-,53+,54+,57-,58+,59+,60+,61+,62+,63-,64-,65+,66+/m0/s1. The van der Waals surface area contributed by atoms with E-state index in [2.05, 4.69) is 27.7 Å². The number of cyclic esters (lactones) is 2. The summed E-state index contributed by atoms with van der Waals surface area (Å²) in [7, 11) is 0. The van der Waals surface area contributed by atoms with Crippen molar-refractivity contribution in [1.82, 2.24) is 0 Å². The van der Waals surface area contributed by atoms with Crippen LogP contribution in [-0.4, -0.2) is 165 Å². The molecule has 0 radical (unpaired) electrons. The smallest absolute Gasteiger partial charge is 0.331 e. The molecule has 84 heavy (non-hydrogen) atoms. The number of carbonyl (C=O) groups is 2. The molecule has 0 aromatic carbocycles. The molecule has 26 atom stereocenters. The van der Waals surface area contributed by atoms with E-state index in [9.17, 15) is 40.2 Å². The van der Waals surface area contributed by atoms with Gasteiger partial charge in [0.05, 0.1) is 74.3 Å². The van der Waals surface area contributed by atoms with Crippen molar-refractivity contribution >= 4 is 11.9 Å². The second-order valence-corrected chi connectivity index (χ2v) is 25.4. The highest BCUT2D eigenvalue weighted by Gasteiger charge is 2.56. The molecule has 5 aliphatic rings. The number of unbranched alkanes of at least 4 members (excludes halogenated alkanes) is 6. The topological polar surface area (TPSA) is 248 Å². The SMILES string of the molecule is CCCCCCO[C@]1([C@@H](C)[C@H](O)[C@H](C)[C@H]2OC(=O)/C=C/C=C/[C@H](C)[C@@H]([C@@H](C)[C@@H](O)[C@H](C)[C@@]3(OCCCCCC)C[C@@H](O[C@H]4C[C@H](O)[C@H](O)[C@H](C)O4)[C@H](CC)[C@@H](C)O3)OC(=O)/C=C/C=C/[C@@H]2C)C[C@@H](O[C@@H]2C[C@H](O)[C@H](O)[C@H](C)O2)[C@H](CC)[C@@H](C)O1. The first-order valence-corrected chi connectivity index (χ1v) is 32.3. The first-order chi connectivity index (χ1) is 39.9. The van der Waals surface area contributed by atoms with Crippen molar-refractivity contribution in [2.75, 3.05) is 13.2 Å². The number of aliphatic hydroxyl groups excluding tert-OH is 6. The third-order valence-corrected chi connectivity index (χ3v) is 19.1. The van der Waals surface area contributed by atoms with Crippen LogP contribution >= 0.6 is 0 Å². The molecule has 0 spiro atoms. The summed E-state index contributed by atoms with van der Waals surface area (Å²) in [5.74, 6) is -7.68. The van der Waals surface area contributed by atoms with Gasteiger partial charge in [-0.1, -0.05) is 144 Å². The quantitative estimate of drug-likeness (QED) is 0.0349. The molecule has 18 heteroatoms. The van der Waals surface area contributed by atoms with Crippen LogP contribution in [0.15, 0.2) is 48.6 Å². The Morgan fingerprint density at radius 2 is 0.905 bits per heavy atom. The Kier molecular flexibility index (Phi) is 29.5. The number of hydrogen-bond acceptors (Lipinski definition) is 18. The van der Waals surface area contributed by atoms with Gasteiger partial charge in [-0.25, -0.2) is 9.59 Å². The fourth-order valence-corrected chi connectivity index (χ4v) is 13.6. The summed E-state index contributed by atoms with van der Waals surface area (Å²) < 4.78 is 65.5. The van der Waals surface area contributed by atoms with E-state index in [0.29, 0.717) is 13.2 Å². The minimum Gasteiger partial charge on any atom is -0.458 e. The lowest BCUT2D eigenvalue weighted by Crippen LogP contribution is -2.60. The number of carbonyl (C=O) groups excluding carboxylic acids is 2. The van der Waals surface area contributed by atoms with Gasteiger partial charge in [-0.3, -0.25) is 0 Å². The number of aliphatic hydroxyl groups is 6. The molecule has 5 heterocycles. The predicted molar refractivity (Wildman–Crippen MR) is 319 cm³/mol. The zero-order valence-corrected chi connectivity index (χ0v) is 53.4. The van der Waals surface area contributed by atoms with Crippen molar-refractivity contribution in [3.05, 3.63) is 48.6 Å². The van der Waals surface area contributed by atoms with Gasteiger partial charge in [0.15, 0.2) is 24.2 Å². The van der Waals surface area contributed by atoms with Crippen LogP contribution in [0.25, 0.3) is 0 Å². The number of hydrogen-bond donors (Lipinski definition) is 6. The van der Waals surface area contributed by atoms with Gasteiger partial charge in [-0.15, -0.1) is 0 Å². The highest BCUT2D eigenvalue weighted by molar-refractivity contribution is 5.83. The molecule has 0 aromatic heterocycles. The number of esters is 2. The van der Waals surface area contributed by atoms with Crippen LogP contribution in [0.2, 0.25) is 0 Å². The summed E-state index contributed by atoms with van der Waals surface area (Å²) in [6.45, 7) is 27.8. The Morgan fingerprint density at radius 1 is 0.536 bits per heavy atom. The van der Waals surface area contributed by atoms with Gasteiger partial charge < -0.3 is 78.0 Å². The Hall–Kier alpha value is -2.66. The Labute approximate surface area is 503 Å². The highest BCUT2D eigenvalue weighted by Crippen LogP contribution is 2.47. The number of allylic oxidation sites excluding steroid dienone is 4. The third-order valence-electron chi connectivity index (χ3n) is 19.1. The molecule has 18 nitrogen and oxygen atoms in total. The second-order valence-electron chi connectivity index (χ2n) is 25.4. The molecule has 5 aliphatic heterocycles. The molecular weight excluding hydrogens is 1080 g/mol. The van der Waals surface area contributed by atoms with Crippen LogP contribution in [0.1, 0.15) is 187 Å². The minimum absolute atomic E-state index is 0.0707. The molecule has 4 fully saturated rings. The summed E-state index contributed by atoms with van der Waals surface area (Å²) in [6, 6.07) is 0. The van der Waals surface area contributed by atoms with Crippen molar-refractivity contribution in [3.8, 4) is 0 Å². The van der Waals surface area contributed by atoms with E-state index in [1.54, 1.807) is 38.2 Å². The molecule has 4 saturated heterocycles. The van der Waals surface area contributed by atoms with Crippen molar-refractivity contribution in [2.45, 2.75) is 296 Å². The molecule has 6 N–H and O–H groups in total. The molecular formula is C66H112O18. The second kappa shape index (κ2) is 34.3. The van der Waals surface area contributed by atoms with E-state index in [-0.39, 0.29) is 49.7 Å². The predicted octanol–water partition coefficient (Wildman–Crippen LogP) is 9.33. The zero-order chi connectivity index (χ0) is 62.1. The van der Waals surface area contributed by atoms with Crippen LogP contribution in [0, 0.1) is 47.3 Å². The van der Waals surface area contributed by atoms with Gasteiger partial charge in [-0.05, 0) is 53.4 Å². The molecule has 0 aromatic rings. The van der Waals surface area contributed by atoms with Gasteiger partial charge in [0.2, 0.25) is 0 Å². The van der Waals surface area contributed by atoms with Crippen LogP contribution in [0.4, 0.5) is 0 Å².